The van der Waals surface area contributed by atoms with Gasteiger partial charge in [-0.1, -0.05) is 32.4 Å². The maximum atomic E-state index is 6.05. The van der Waals surface area contributed by atoms with Crippen LogP contribution in [0.25, 0.3) is 0 Å². The van der Waals surface area contributed by atoms with Crippen molar-refractivity contribution in [2.75, 3.05) is 11.9 Å². The van der Waals surface area contributed by atoms with Crippen LogP contribution < -0.4 is 5.32 Å². The molecule has 2 rings (SSSR count). The number of anilines is 1. The van der Waals surface area contributed by atoms with Gasteiger partial charge >= 0.3 is 0 Å². The molecule has 1 N–H and O–H groups in total. The van der Waals surface area contributed by atoms with Crippen molar-refractivity contribution in [2.24, 2.45) is 7.05 Å². The molecule has 0 saturated carbocycles. The Morgan fingerprint density at radius 2 is 2.05 bits per heavy atom. The van der Waals surface area contributed by atoms with Gasteiger partial charge in [0.05, 0.1) is 0 Å². The summed E-state index contributed by atoms with van der Waals surface area (Å²) in [6, 6.07) is 1.75. The number of halogens is 1. The van der Waals surface area contributed by atoms with Crippen molar-refractivity contribution in [1.29, 1.82) is 0 Å². The molecule has 0 radical (unpaired) electrons. The molecule has 2 aromatic rings. The zero-order valence-corrected chi connectivity index (χ0v) is 13.1. The van der Waals surface area contributed by atoms with E-state index in [1.54, 1.807) is 12.3 Å². The third-order valence-electron chi connectivity index (χ3n) is 2.94. The number of aryl methyl sites for hydroxylation is 1. The van der Waals surface area contributed by atoms with Crippen LogP contribution in [0.15, 0.2) is 18.5 Å². The van der Waals surface area contributed by atoms with Gasteiger partial charge in [-0.25, -0.2) is 15.0 Å². The zero-order chi connectivity index (χ0) is 14.8. The van der Waals surface area contributed by atoms with E-state index in [0.29, 0.717) is 5.15 Å². The molecular formula is C14H20ClN5. The molecule has 0 aliphatic rings. The topological polar surface area (TPSA) is 55.6 Å². The first-order chi connectivity index (χ1) is 9.36. The van der Waals surface area contributed by atoms with Crippen LogP contribution in [0.1, 0.15) is 32.4 Å². The Balaban J connectivity index is 2.03. The minimum absolute atomic E-state index is 0.124. The van der Waals surface area contributed by atoms with Gasteiger partial charge in [0.2, 0.25) is 0 Å². The Morgan fingerprint density at radius 1 is 1.30 bits per heavy atom. The first kappa shape index (κ1) is 14.8. The summed E-state index contributed by atoms with van der Waals surface area (Å²) in [5, 5.41) is 3.74. The molecule has 5 nitrogen and oxygen atoms in total. The van der Waals surface area contributed by atoms with Crippen LogP contribution >= 0.6 is 11.6 Å². The SMILES string of the molecule is Cn1ccnc1CCNc1cc(Cl)nc(C(C)(C)C)n1. The van der Waals surface area contributed by atoms with Crippen LogP contribution in [-0.4, -0.2) is 26.1 Å². The largest absolute Gasteiger partial charge is 0.369 e. The highest BCUT2D eigenvalue weighted by Gasteiger charge is 2.18. The maximum Gasteiger partial charge on any atom is 0.137 e. The number of rotatable bonds is 4. The summed E-state index contributed by atoms with van der Waals surface area (Å²) < 4.78 is 2.01. The predicted octanol–water partition coefficient (Wildman–Crippen LogP) is 2.82. The molecule has 0 amide bonds. The highest BCUT2D eigenvalue weighted by Crippen LogP contribution is 2.22. The predicted molar refractivity (Wildman–Crippen MR) is 81.1 cm³/mol. The molecule has 6 heteroatoms. The van der Waals surface area contributed by atoms with Crippen molar-refractivity contribution in [3.8, 4) is 0 Å². The molecule has 0 fully saturated rings. The Kier molecular flexibility index (Phi) is 4.28. The van der Waals surface area contributed by atoms with E-state index < -0.39 is 0 Å². The van der Waals surface area contributed by atoms with E-state index in [9.17, 15) is 0 Å². The first-order valence-corrected chi connectivity index (χ1v) is 6.99. The van der Waals surface area contributed by atoms with E-state index in [4.69, 9.17) is 11.6 Å². The van der Waals surface area contributed by atoms with Gasteiger partial charge in [-0.3, -0.25) is 0 Å². The summed E-state index contributed by atoms with van der Waals surface area (Å²) in [6.45, 7) is 6.95. The second kappa shape index (κ2) is 5.79. The molecule has 20 heavy (non-hydrogen) atoms. The van der Waals surface area contributed by atoms with Gasteiger partial charge in [0.15, 0.2) is 0 Å². The second-order valence-electron chi connectivity index (χ2n) is 5.78. The van der Waals surface area contributed by atoms with Crippen molar-refractivity contribution >= 4 is 17.4 Å². The Hall–Kier alpha value is -1.62. The molecule has 0 aliphatic carbocycles. The maximum absolute atomic E-state index is 6.05. The zero-order valence-electron chi connectivity index (χ0n) is 12.3. The third-order valence-corrected chi connectivity index (χ3v) is 3.14. The smallest absolute Gasteiger partial charge is 0.137 e. The lowest BCUT2D eigenvalue weighted by molar-refractivity contribution is 0.546. The number of hydrogen-bond donors (Lipinski definition) is 1. The van der Waals surface area contributed by atoms with Gasteiger partial charge in [0.25, 0.3) is 0 Å². The summed E-state index contributed by atoms with van der Waals surface area (Å²) in [5.74, 6) is 2.53. The molecule has 2 aromatic heterocycles. The summed E-state index contributed by atoms with van der Waals surface area (Å²) in [6.07, 6.45) is 4.57. The molecule has 108 valence electrons. The number of nitrogens with zero attached hydrogens (tertiary/aromatic N) is 4. The van der Waals surface area contributed by atoms with Crippen LogP contribution in [0.3, 0.4) is 0 Å². The van der Waals surface area contributed by atoms with E-state index in [1.807, 2.05) is 17.8 Å². The molecule has 0 saturated heterocycles. The monoisotopic (exact) mass is 293 g/mol. The molecular weight excluding hydrogens is 274 g/mol. The lowest BCUT2D eigenvalue weighted by atomic mass is 9.96. The lowest BCUT2D eigenvalue weighted by Crippen LogP contribution is -2.18. The molecule has 0 aliphatic heterocycles. The van der Waals surface area contributed by atoms with Crippen molar-refractivity contribution in [3.05, 3.63) is 35.3 Å². The Bertz CT molecular complexity index is 585. The highest BCUT2D eigenvalue weighted by molar-refractivity contribution is 6.29. The minimum Gasteiger partial charge on any atom is -0.369 e. The fourth-order valence-electron chi connectivity index (χ4n) is 1.78. The second-order valence-corrected chi connectivity index (χ2v) is 6.17. The van der Waals surface area contributed by atoms with Gasteiger partial charge in [0, 0.05) is 43.9 Å². The number of nitrogens with one attached hydrogen (secondary N) is 1. The first-order valence-electron chi connectivity index (χ1n) is 6.61. The van der Waals surface area contributed by atoms with E-state index in [0.717, 1.165) is 30.4 Å². The summed E-state index contributed by atoms with van der Waals surface area (Å²) >= 11 is 6.05. The van der Waals surface area contributed by atoms with Gasteiger partial charge < -0.3 is 9.88 Å². The van der Waals surface area contributed by atoms with Crippen LogP contribution in [0, 0.1) is 0 Å². The van der Waals surface area contributed by atoms with E-state index in [-0.39, 0.29) is 5.41 Å². The molecule has 0 aromatic carbocycles. The van der Waals surface area contributed by atoms with Crippen molar-refractivity contribution in [3.63, 3.8) is 0 Å². The Labute approximate surface area is 124 Å². The molecule has 2 heterocycles. The van der Waals surface area contributed by atoms with Crippen molar-refractivity contribution in [2.45, 2.75) is 32.6 Å². The fraction of sp³-hybridized carbons (Fsp3) is 0.500. The molecule has 0 unspecified atom stereocenters. The molecule has 0 atom stereocenters. The van der Waals surface area contributed by atoms with Gasteiger partial charge in [-0.05, 0) is 0 Å². The number of imidazole rings is 1. The quantitative estimate of drug-likeness (QED) is 0.881. The average molecular weight is 294 g/mol. The van der Waals surface area contributed by atoms with Crippen molar-refractivity contribution in [1.82, 2.24) is 19.5 Å². The number of aromatic nitrogens is 4. The average Bonchev–Trinajstić information content (AvgIpc) is 2.73. The normalized spacial score (nSPS) is 11.7. The fourth-order valence-corrected chi connectivity index (χ4v) is 1.97. The van der Waals surface area contributed by atoms with E-state index in [2.05, 4.69) is 41.0 Å². The van der Waals surface area contributed by atoms with Gasteiger partial charge in [-0.15, -0.1) is 0 Å². The van der Waals surface area contributed by atoms with Crippen LogP contribution in [-0.2, 0) is 18.9 Å². The standard InChI is InChI=1S/C14H20ClN5/c1-14(2,3)13-18-10(15)9-11(19-13)16-6-5-12-17-7-8-20(12)4/h7-9H,5-6H2,1-4H3,(H,16,18,19). The van der Waals surface area contributed by atoms with Crippen molar-refractivity contribution < 1.29 is 0 Å². The number of hydrogen-bond acceptors (Lipinski definition) is 4. The highest BCUT2D eigenvalue weighted by atomic mass is 35.5. The summed E-state index contributed by atoms with van der Waals surface area (Å²) in [5.41, 5.74) is -0.124. The molecule has 0 bridgehead atoms. The Morgan fingerprint density at radius 3 is 2.65 bits per heavy atom. The van der Waals surface area contributed by atoms with Crippen LogP contribution in [0.4, 0.5) is 5.82 Å². The lowest BCUT2D eigenvalue weighted by Gasteiger charge is -2.17. The van der Waals surface area contributed by atoms with Gasteiger partial charge in [-0.2, -0.15) is 0 Å². The van der Waals surface area contributed by atoms with E-state index in [1.165, 1.54) is 0 Å². The third kappa shape index (κ3) is 3.70. The van der Waals surface area contributed by atoms with Crippen LogP contribution in [0.5, 0.6) is 0 Å². The summed E-state index contributed by atoms with van der Waals surface area (Å²) in [7, 11) is 1.99. The van der Waals surface area contributed by atoms with E-state index >= 15 is 0 Å². The van der Waals surface area contributed by atoms with Gasteiger partial charge in [0.1, 0.15) is 22.6 Å². The van der Waals surface area contributed by atoms with Crippen LogP contribution in [0.2, 0.25) is 5.15 Å². The minimum atomic E-state index is -0.124. The summed E-state index contributed by atoms with van der Waals surface area (Å²) in [4.78, 5) is 13.1. The molecule has 0 spiro atoms.